The maximum absolute atomic E-state index is 14.1. The zero-order chi connectivity index (χ0) is 18.6. The highest BCUT2D eigenvalue weighted by Gasteiger charge is 2.23. The lowest BCUT2D eigenvalue weighted by Gasteiger charge is -2.12. The number of azo groups is 1. The highest BCUT2D eigenvalue weighted by Crippen LogP contribution is 2.41. The number of nitro groups is 1. The first-order valence-corrected chi connectivity index (χ1v) is 6.80. The van der Waals surface area contributed by atoms with Crippen molar-refractivity contribution in [3.8, 4) is 23.0 Å². The van der Waals surface area contributed by atoms with Crippen LogP contribution in [-0.4, -0.2) is 31.4 Å². The smallest absolute Gasteiger partial charge is 0.348 e. The van der Waals surface area contributed by atoms with Gasteiger partial charge in [-0.3, -0.25) is 10.1 Å². The fourth-order valence-electron chi connectivity index (χ4n) is 2.03. The van der Waals surface area contributed by atoms with Crippen molar-refractivity contribution in [2.45, 2.75) is 0 Å². The molecule has 0 aliphatic carbocycles. The third-order valence-corrected chi connectivity index (χ3v) is 3.18. The number of rotatable bonds is 6. The SMILES string of the molecule is COc1cc(N=Nc2ccc(O)c([N+](=O)[O-])c2F)cc(OC)c1OC. The topological polar surface area (TPSA) is 116 Å². The Morgan fingerprint density at radius 3 is 2.16 bits per heavy atom. The number of aromatic hydroxyl groups is 1. The number of hydrogen-bond donors (Lipinski definition) is 1. The quantitative estimate of drug-likeness (QED) is 0.479. The number of phenolic OH excluding ortho intramolecular Hbond substituents is 1. The third kappa shape index (κ3) is 3.57. The first kappa shape index (κ1) is 17.9. The predicted molar refractivity (Wildman–Crippen MR) is 85.0 cm³/mol. The van der Waals surface area contributed by atoms with E-state index in [1.165, 1.54) is 33.5 Å². The van der Waals surface area contributed by atoms with E-state index in [4.69, 9.17) is 14.2 Å². The molecule has 0 saturated heterocycles. The Hall–Kier alpha value is -3.43. The summed E-state index contributed by atoms with van der Waals surface area (Å²) in [6.07, 6.45) is 0. The summed E-state index contributed by atoms with van der Waals surface area (Å²) in [6.45, 7) is 0. The molecule has 0 spiro atoms. The van der Waals surface area contributed by atoms with Gasteiger partial charge in [-0.05, 0) is 12.1 Å². The molecule has 2 aromatic carbocycles. The molecule has 0 bridgehead atoms. The van der Waals surface area contributed by atoms with Gasteiger partial charge in [0.25, 0.3) is 0 Å². The van der Waals surface area contributed by atoms with Crippen LogP contribution in [0.5, 0.6) is 23.0 Å². The highest BCUT2D eigenvalue weighted by atomic mass is 19.1. The zero-order valence-electron chi connectivity index (χ0n) is 13.5. The second kappa shape index (κ2) is 7.43. The molecule has 132 valence electrons. The van der Waals surface area contributed by atoms with Crippen LogP contribution >= 0.6 is 0 Å². The summed E-state index contributed by atoms with van der Waals surface area (Å²) in [5.41, 5.74) is -1.23. The van der Waals surface area contributed by atoms with E-state index in [9.17, 15) is 19.6 Å². The summed E-state index contributed by atoms with van der Waals surface area (Å²) in [5.74, 6) is -1.12. The van der Waals surface area contributed by atoms with Gasteiger partial charge < -0.3 is 19.3 Å². The van der Waals surface area contributed by atoms with Crippen molar-refractivity contribution in [1.29, 1.82) is 0 Å². The van der Waals surface area contributed by atoms with E-state index in [1.54, 1.807) is 0 Å². The lowest BCUT2D eigenvalue weighted by Crippen LogP contribution is -1.94. The van der Waals surface area contributed by atoms with E-state index in [1.807, 2.05) is 0 Å². The second-order valence-electron chi connectivity index (χ2n) is 4.61. The number of hydrogen-bond acceptors (Lipinski definition) is 8. The van der Waals surface area contributed by atoms with Gasteiger partial charge in [-0.2, -0.15) is 9.50 Å². The first-order chi connectivity index (χ1) is 11.9. The standard InChI is InChI=1S/C15H14FN3O6/c1-23-11-6-8(7-12(24-2)15(11)25-3)17-18-9-4-5-10(20)14(13(9)16)19(21)22/h4-7,20H,1-3H3. The van der Waals surface area contributed by atoms with Gasteiger partial charge in [0.05, 0.1) is 31.9 Å². The molecule has 0 amide bonds. The zero-order valence-corrected chi connectivity index (χ0v) is 13.5. The Labute approximate surface area is 141 Å². The lowest BCUT2D eigenvalue weighted by molar-refractivity contribution is -0.388. The Balaban J connectivity index is 2.47. The van der Waals surface area contributed by atoms with Crippen molar-refractivity contribution in [3.05, 3.63) is 40.2 Å². The van der Waals surface area contributed by atoms with Crippen LogP contribution in [0.25, 0.3) is 0 Å². The molecule has 0 heterocycles. The average molecular weight is 351 g/mol. The molecular formula is C15H14FN3O6. The summed E-state index contributed by atoms with van der Waals surface area (Å²) in [7, 11) is 4.27. The van der Waals surface area contributed by atoms with Crippen LogP contribution in [0.2, 0.25) is 0 Å². The van der Waals surface area contributed by atoms with Crippen LogP contribution in [0.15, 0.2) is 34.5 Å². The van der Waals surface area contributed by atoms with E-state index < -0.39 is 27.9 Å². The molecular weight excluding hydrogens is 337 g/mol. The molecule has 2 rings (SSSR count). The summed E-state index contributed by atoms with van der Waals surface area (Å²) in [6, 6.07) is 4.97. The molecule has 10 heteroatoms. The van der Waals surface area contributed by atoms with Crippen molar-refractivity contribution in [2.24, 2.45) is 10.2 Å². The molecule has 2 aromatic rings. The number of nitrogens with zero attached hydrogens (tertiary/aromatic N) is 3. The van der Waals surface area contributed by atoms with Crippen molar-refractivity contribution >= 4 is 17.1 Å². The normalized spacial score (nSPS) is 10.7. The van der Waals surface area contributed by atoms with Crippen molar-refractivity contribution in [3.63, 3.8) is 0 Å². The van der Waals surface area contributed by atoms with Gasteiger partial charge in [-0.1, -0.05) is 0 Å². The van der Waals surface area contributed by atoms with Crippen LogP contribution in [0.4, 0.5) is 21.5 Å². The molecule has 0 aliphatic heterocycles. The summed E-state index contributed by atoms with van der Waals surface area (Å²) < 4.78 is 29.6. The van der Waals surface area contributed by atoms with Gasteiger partial charge in [0.2, 0.25) is 11.6 Å². The number of halogens is 1. The first-order valence-electron chi connectivity index (χ1n) is 6.80. The van der Waals surface area contributed by atoms with E-state index in [0.717, 1.165) is 12.1 Å². The van der Waals surface area contributed by atoms with Crippen molar-refractivity contribution < 1.29 is 28.6 Å². The highest BCUT2D eigenvalue weighted by molar-refractivity contribution is 5.61. The van der Waals surface area contributed by atoms with Gasteiger partial charge in [-0.25, -0.2) is 0 Å². The summed E-state index contributed by atoms with van der Waals surface area (Å²) in [5, 5.41) is 27.6. The fourth-order valence-corrected chi connectivity index (χ4v) is 2.03. The Kier molecular flexibility index (Phi) is 5.32. The van der Waals surface area contributed by atoms with Crippen molar-refractivity contribution in [1.82, 2.24) is 0 Å². The molecule has 25 heavy (non-hydrogen) atoms. The molecule has 9 nitrogen and oxygen atoms in total. The van der Waals surface area contributed by atoms with Crippen LogP contribution in [0, 0.1) is 15.9 Å². The number of benzene rings is 2. The molecule has 0 aromatic heterocycles. The minimum atomic E-state index is -1.29. The average Bonchev–Trinajstić information content (AvgIpc) is 2.59. The van der Waals surface area contributed by atoms with E-state index in [0.29, 0.717) is 17.2 Å². The van der Waals surface area contributed by atoms with Crippen LogP contribution in [0.1, 0.15) is 0 Å². The molecule has 0 atom stereocenters. The Morgan fingerprint density at radius 2 is 1.68 bits per heavy atom. The van der Waals surface area contributed by atoms with Gasteiger partial charge in [0.1, 0.15) is 5.69 Å². The maximum atomic E-state index is 14.1. The van der Waals surface area contributed by atoms with Crippen molar-refractivity contribution in [2.75, 3.05) is 21.3 Å². The van der Waals surface area contributed by atoms with Gasteiger partial charge in [0.15, 0.2) is 17.2 Å². The van der Waals surface area contributed by atoms with Crippen LogP contribution in [0.3, 0.4) is 0 Å². The minimum absolute atomic E-state index is 0.240. The Morgan fingerprint density at radius 1 is 1.08 bits per heavy atom. The number of methoxy groups -OCH3 is 3. The number of phenols is 1. The number of ether oxygens (including phenoxy) is 3. The molecule has 0 fully saturated rings. The predicted octanol–water partition coefficient (Wildman–Crippen LogP) is 3.88. The summed E-state index contributed by atoms with van der Waals surface area (Å²) >= 11 is 0. The molecule has 1 N–H and O–H groups in total. The monoisotopic (exact) mass is 351 g/mol. The van der Waals surface area contributed by atoms with E-state index >= 15 is 0 Å². The molecule has 0 aliphatic rings. The Bertz CT molecular complexity index is 815. The molecule has 0 saturated carbocycles. The van der Waals surface area contributed by atoms with Crippen LogP contribution in [-0.2, 0) is 0 Å². The maximum Gasteiger partial charge on any atom is 0.348 e. The summed E-state index contributed by atoms with van der Waals surface area (Å²) in [4.78, 5) is 9.75. The molecule has 0 radical (unpaired) electrons. The van der Waals surface area contributed by atoms with Gasteiger partial charge in [0, 0.05) is 12.1 Å². The van der Waals surface area contributed by atoms with E-state index in [2.05, 4.69) is 10.2 Å². The van der Waals surface area contributed by atoms with Crippen LogP contribution < -0.4 is 14.2 Å². The second-order valence-corrected chi connectivity index (χ2v) is 4.61. The van der Waals surface area contributed by atoms with E-state index in [-0.39, 0.29) is 5.69 Å². The van der Waals surface area contributed by atoms with Gasteiger partial charge in [-0.15, -0.1) is 5.11 Å². The fraction of sp³-hybridized carbons (Fsp3) is 0.200. The minimum Gasteiger partial charge on any atom is -0.502 e. The third-order valence-electron chi connectivity index (χ3n) is 3.18. The molecule has 0 unspecified atom stereocenters. The number of nitro benzene ring substituents is 1. The van der Waals surface area contributed by atoms with Gasteiger partial charge >= 0.3 is 5.69 Å². The largest absolute Gasteiger partial charge is 0.502 e. The lowest BCUT2D eigenvalue weighted by atomic mass is 10.2.